The number of hydrogen-bond acceptors (Lipinski definition) is 4. The van der Waals surface area contributed by atoms with E-state index in [0.717, 1.165) is 12.3 Å². The van der Waals surface area contributed by atoms with Gasteiger partial charge in [-0.2, -0.15) is 0 Å². The molecular weight excluding hydrogens is 295 g/mol. The maximum Gasteiger partial charge on any atom is 0.258 e. The van der Waals surface area contributed by atoms with Crippen LogP contribution in [0.4, 0.5) is 10.2 Å². The van der Waals surface area contributed by atoms with Crippen molar-refractivity contribution >= 4 is 34.4 Å². The van der Waals surface area contributed by atoms with Gasteiger partial charge in [-0.15, -0.1) is 0 Å². The van der Waals surface area contributed by atoms with Gasteiger partial charge in [-0.3, -0.25) is 9.78 Å². The first-order valence-corrected chi connectivity index (χ1v) is 6.35. The molecule has 2 heterocycles. The fraction of sp³-hybridized carbons (Fsp3) is 0. The lowest BCUT2D eigenvalue weighted by Crippen LogP contribution is -2.14. The molecule has 0 fully saturated rings. The van der Waals surface area contributed by atoms with Crippen molar-refractivity contribution < 1.29 is 9.18 Å². The van der Waals surface area contributed by atoms with E-state index in [9.17, 15) is 9.18 Å². The molecule has 0 radical (unpaired) electrons. The second kappa shape index (κ2) is 5.41. The number of anilines is 1. The zero-order valence-corrected chi connectivity index (χ0v) is 11.3. The van der Waals surface area contributed by atoms with E-state index < -0.39 is 11.7 Å². The summed E-state index contributed by atoms with van der Waals surface area (Å²) in [6.07, 6.45) is 2.26. The normalized spacial score (nSPS) is 10.6. The predicted octanol–water partition coefficient (Wildman–Crippen LogP) is 3.07. The summed E-state index contributed by atoms with van der Waals surface area (Å²) >= 11 is 5.99. The zero-order valence-electron chi connectivity index (χ0n) is 10.5. The number of fused-ring (bicyclic) bond motifs is 1. The van der Waals surface area contributed by atoms with E-state index in [0.29, 0.717) is 11.0 Å². The zero-order chi connectivity index (χ0) is 14.8. The van der Waals surface area contributed by atoms with Crippen LogP contribution in [-0.2, 0) is 0 Å². The van der Waals surface area contributed by atoms with Crippen LogP contribution in [0.2, 0.25) is 5.15 Å². The molecule has 0 atom stereocenters. The number of amides is 1. The number of para-hydroxylation sites is 2. The number of rotatable bonds is 2. The summed E-state index contributed by atoms with van der Waals surface area (Å²) in [5.41, 5.74) is 1.28. The molecule has 1 amide bonds. The van der Waals surface area contributed by atoms with Gasteiger partial charge in [-0.25, -0.2) is 14.4 Å². The standard InChI is InChI=1S/C14H8ClFN4O/c15-12-13(19-11-4-2-1-3-10(11)18-12)20-14(21)8-5-9(16)7-17-6-8/h1-7H,(H,19,20,21). The number of carbonyl (C=O) groups is 1. The molecule has 104 valence electrons. The molecule has 5 nitrogen and oxygen atoms in total. The molecule has 0 spiro atoms. The Morgan fingerprint density at radius 2 is 1.86 bits per heavy atom. The minimum absolute atomic E-state index is 0.0615. The molecule has 0 aliphatic rings. The highest BCUT2D eigenvalue weighted by Gasteiger charge is 2.12. The Morgan fingerprint density at radius 1 is 1.14 bits per heavy atom. The van der Waals surface area contributed by atoms with Gasteiger partial charge >= 0.3 is 0 Å². The summed E-state index contributed by atoms with van der Waals surface area (Å²) in [5, 5.41) is 2.56. The highest BCUT2D eigenvalue weighted by atomic mass is 35.5. The van der Waals surface area contributed by atoms with Crippen molar-refractivity contribution in [3.8, 4) is 0 Å². The molecule has 0 bridgehead atoms. The summed E-state index contributed by atoms with van der Waals surface area (Å²) < 4.78 is 13.1. The Hall–Kier alpha value is -2.60. The Bertz CT molecular complexity index is 840. The van der Waals surface area contributed by atoms with Gasteiger partial charge in [0.2, 0.25) is 0 Å². The number of hydrogen-bond donors (Lipinski definition) is 1. The first-order chi connectivity index (χ1) is 10.1. The quantitative estimate of drug-likeness (QED) is 0.790. The molecule has 3 rings (SSSR count). The van der Waals surface area contributed by atoms with Gasteiger partial charge in [-0.05, 0) is 18.2 Å². The van der Waals surface area contributed by atoms with Crippen LogP contribution in [0.15, 0.2) is 42.7 Å². The minimum Gasteiger partial charge on any atom is -0.304 e. The summed E-state index contributed by atoms with van der Waals surface area (Å²) in [6, 6.07) is 8.19. The molecule has 1 aromatic carbocycles. The number of aromatic nitrogens is 3. The first kappa shape index (κ1) is 13.4. The maximum absolute atomic E-state index is 13.1. The van der Waals surface area contributed by atoms with Crippen molar-refractivity contribution in [3.63, 3.8) is 0 Å². The monoisotopic (exact) mass is 302 g/mol. The number of nitrogens with zero attached hydrogens (tertiary/aromatic N) is 3. The summed E-state index contributed by atoms with van der Waals surface area (Å²) in [4.78, 5) is 24.0. The molecule has 0 saturated heterocycles. The van der Waals surface area contributed by atoms with Gasteiger partial charge in [0.1, 0.15) is 5.82 Å². The molecule has 7 heteroatoms. The van der Waals surface area contributed by atoms with Gasteiger partial charge in [0.15, 0.2) is 11.0 Å². The summed E-state index contributed by atoms with van der Waals surface area (Å²) in [7, 11) is 0. The highest BCUT2D eigenvalue weighted by Crippen LogP contribution is 2.21. The van der Waals surface area contributed by atoms with E-state index in [-0.39, 0.29) is 16.5 Å². The van der Waals surface area contributed by atoms with Crippen molar-refractivity contribution in [2.45, 2.75) is 0 Å². The van der Waals surface area contributed by atoms with Gasteiger partial charge < -0.3 is 5.32 Å². The van der Waals surface area contributed by atoms with Crippen molar-refractivity contribution in [2.75, 3.05) is 5.32 Å². The summed E-state index contributed by atoms with van der Waals surface area (Å²) in [5.74, 6) is -1.04. The lowest BCUT2D eigenvalue weighted by molar-refractivity contribution is 0.102. The van der Waals surface area contributed by atoms with E-state index in [2.05, 4.69) is 20.3 Å². The Morgan fingerprint density at radius 3 is 2.57 bits per heavy atom. The number of nitrogens with one attached hydrogen (secondary N) is 1. The van der Waals surface area contributed by atoms with Crippen LogP contribution in [0.5, 0.6) is 0 Å². The molecule has 21 heavy (non-hydrogen) atoms. The highest BCUT2D eigenvalue weighted by molar-refractivity contribution is 6.32. The van der Waals surface area contributed by atoms with Crippen LogP contribution in [0, 0.1) is 5.82 Å². The average Bonchev–Trinajstić information content (AvgIpc) is 2.48. The van der Waals surface area contributed by atoms with Gasteiger partial charge in [0, 0.05) is 6.20 Å². The average molecular weight is 303 g/mol. The van der Waals surface area contributed by atoms with E-state index in [1.165, 1.54) is 6.20 Å². The van der Waals surface area contributed by atoms with Gasteiger partial charge in [-0.1, -0.05) is 23.7 Å². The molecule has 2 aromatic heterocycles. The molecule has 0 saturated carbocycles. The lowest BCUT2D eigenvalue weighted by Gasteiger charge is -2.07. The van der Waals surface area contributed by atoms with Crippen molar-refractivity contribution in [2.24, 2.45) is 0 Å². The molecule has 0 aliphatic carbocycles. The van der Waals surface area contributed by atoms with Crippen LogP contribution in [-0.4, -0.2) is 20.9 Å². The van der Waals surface area contributed by atoms with Crippen LogP contribution in [0.1, 0.15) is 10.4 Å². The topological polar surface area (TPSA) is 67.8 Å². The van der Waals surface area contributed by atoms with E-state index in [1.54, 1.807) is 18.2 Å². The third-order valence-electron chi connectivity index (χ3n) is 2.73. The van der Waals surface area contributed by atoms with Crippen molar-refractivity contribution in [1.29, 1.82) is 0 Å². The SMILES string of the molecule is O=C(Nc1nc2ccccc2nc1Cl)c1cncc(F)c1. The van der Waals surface area contributed by atoms with E-state index >= 15 is 0 Å². The molecule has 1 N–H and O–H groups in total. The number of benzene rings is 1. The minimum atomic E-state index is -0.599. The largest absolute Gasteiger partial charge is 0.304 e. The van der Waals surface area contributed by atoms with E-state index in [4.69, 9.17) is 11.6 Å². The third kappa shape index (κ3) is 2.80. The van der Waals surface area contributed by atoms with Crippen LogP contribution in [0.3, 0.4) is 0 Å². The Labute approximate surface area is 123 Å². The molecule has 0 unspecified atom stereocenters. The maximum atomic E-state index is 13.1. The number of pyridine rings is 1. The van der Waals surface area contributed by atoms with Gasteiger partial charge in [0.25, 0.3) is 5.91 Å². The summed E-state index contributed by atoms with van der Waals surface area (Å²) in [6.45, 7) is 0. The number of halogens is 2. The third-order valence-corrected chi connectivity index (χ3v) is 2.99. The fourth-order valence-electron chi connectivity index (χ4n) is 1.77. The molecular formula is C14H8ClFN4O. The number of carbonyl (C=O) groups excluding carboxylic acids is 1. The second-order valence-corrected chi connectivity index (χ2v) is 4.56. The van der Waals surface area contributed by atoms with Crippen LogP contribution < -0.4 is 5.32 Å². The Balaban J connectivity index is 1.94. The fourth-order valence-corrected chi connectivity index (χ4v) is 1.95. The second-order valence-electron chi connectivity index (χ2n) is 4.20. The van der Waals surface area contributed by atoms with Crippen molar-refractivity contribution in [3.05, 3.63) is 59.3 Å². The first-order valence-electron chi connectivity index (χ1n) is 5.97. The molecule has 3 aromatic rings. The smallest absolute Gasteiger partial charge is 0.258 e. The Kier molecular flexibility index (Phi) is 3.45. The van der Waals surface area contributed by atoms with E-state index in [1.807, 2.05) is 6.07 Å². The lowest BCUT2D eigenvalue weighted by atomic mass is 10.2. The van der Waals surface area contributed by atoms with Crippen LogP contribution in [0.25, 0.3) is 11.0 Å². The van der Waals surface area contributed by atoms with Crippen molar-refractivity contribution in [1.82, 2.24) is 15.0 Å². The molecule has 0 aliphatic heterocycles. The van der Waals surface area contributed by atoms with Gasteiger partial charge in [0.05, 0.1) is 22.8 Å². The van der Waals surface area contributed by atoms with Crippen LogP contribution >= 0.6 is 11.6 Å². The predicted molar refractivity (Wildman–Crippen MR) is 76.7 cm³/mol.